The second-order valence-corrected chi connectivity index (χ2v) is 4.54. The minimum atomic E-state index is -0.950. The molecule has 0 atom stereocenters. The lowest BCUT2D eigenvalue weighted by Crippen LogP contribution is -2.04. The van der Waals surface area contributed by atoms with Crippen LogP contribution in [0.2, 0.25) is 0 Å². The third-order valence-corrected chi connectivity index (χ3v) is 2.96. The molecule has 1 heterocycles. The molecule has 0 aliphatic carbocycles. The van der Waals surface area contributed by atoms with Crippen molar-refractivity contribution in [2.45, 2.75) is 6.54 Å². The van der Waals surface area contributed by atoms with E-state index in [0.717, 1.165) is 5.69 Å². The number of nitrogens with one attached hydrogen (secondary N) is 1. The lowest BCUT2D eigenvalue weighted by molar-refractivity contribution is 0.0697. The number of halogens is 1. The van der Waals surface area contributed by atoms with Crippen LogP contribution in [0.3, 0.4) is 0 Å². The highest BCUT2D eigenvalue weighted by Gasteiger charge is 2.07. The average Bonchev–Trinajstić information content (AvgIpc) is 2.73. The van der Waals surface area contributed by atoms with E-state index >= 15 is 0 Å². The van der Waals surface area contributed by atoms with E-state index in [4.69, 9.17) is 5.11 Å². The van der Waals surface area contributed by atoms with Crippen LogP contribution in [0.5, 0.6) is 0 Å². The summed E-state index contributed by atoms with van der Waals surface area (Å²) in [6.07, 6.45) is 1.62. The van der Waals surface area contributed by atoms with Gasteiger partial charge >= 0.3 is 5.97 Å². The van der Waals surface area contributed by atoms with Gasteiger partial charge in [-0.3, -0.25) is 4.68 Å². The molecule has 0 aliphatic rings. The molecule has 0 amide bonds. The van der Waals surface area contributed by atoms with Crippen molar-refractivity contribution in [3.05, 3.63) is 40.4 Å². The summed E-state index contributed by atoms with van der Waals surface area (Å²) in [7, 11) is 1.80. The molecule has 0 radical (unpaired) electrons. The molecule has 18 heavy (non-hydrogen) atoms. The van der Waals surface area contributed by atoms with E-state index in [2.05, 4.69) is 31.3 Å². The Kier molecular flexibility index (Phi) is 3.61. The Hall–Kier alpha value is -1.89. The van der Waals surface area contributed by atoms with Gasteiger partial charge in [0.25, 0.3) is 0 Å². The maximum atomic E-state index is 10.8. The van der Waals surface area contributed by atoms with Crippen LogP contribution >= 0.6 is 15.9 Å². The Morgan fingerprint density at radius 1 is 1.56 bits per heavy atom. The number of aromatic nitrogens is 3. The van der Waals surface area contributed by atoms with Gasteiger partial charge < -0.3 is 10.4 Å². The van der Waals surface area contributed by atoms with E-state index in [9.17, 15) is 4.79 Å². The number of anilines is 1. The van der Waals surface area contributed by atoms with Crippen LogP contribution in [0, 0.1) is 0 Å². The summed E-state index contributed by atoms with van der Waals surface area (Å²) < 4.78 is 2.32. The Morgan fingerprint density at radius 3 is 2.89 bits per heavy atom. The van der Waals surface area contributed by atoms with Gasteiger partial charge in [0.1, 0.15) is 6.33 Å². The fourth-order valence-electron chi connectivity index (χ4n) is 1.43. The number of aromatic carboxylic acids is 1. The monoisotopic (exact) mass is 310 g/mol. The fraction of sp³-hybridized carbons (Fsp3) is 0.182. The van der Waals surface area contributed by atoms with Gasteiger partial charge in [0, 0.05) is 17.2 Å². The molecule has 0 bridgehead atoms. The molecule has 0 saturated carbocycles. The van der Waals surface area contributed by atoms with Crippen molar-refractivity contribution < 1.29 is 9.90 Å². The number of carboxylic acids is 1. The first-order valence-corrected chi connectivity index (χ1v) is 5.97. The zero-order valence-electron chi connectivity index (χ0n) is 9.59. The van der Waals surface area contributed by atoms with Crippen LogP contribution in [0.1, 0.15) is 16.2 Å². The molecule has 0 saturated heterocycles. The molecular formula is C11H11BrN4O2. The van der Waals surface area contributed by atoms with Gasteiger partial charge in [0.2, 0.25) is 0 Å². The van der Waals surface area contributed by atoms with E-state index in [1.165, 1.54) is 0 Å². The molecule has 2 aromatic rings. The number of benzene rings is 1. The van der Waals surface area contributed by atoms with E-state index in [1.54, 1.807) is 36.3 Å². The third kappa shape index (κ3) is 2.86. The zero-order valence-corrected chi connectivity index (χ0v) is 11.2. The van der Waals surface area contributed by atoms with Gasteiger partial charge in [-0.05, 0) is 34.1 Å². The van der Waals surface area contributed by atoms with Crippen molar-refractivity contribution in [3.8, 4) is 0 Å². The van der Waals surface area contributed by atoms with Gasteiger partial charge in [-0.1, -0.05) is 0 Å². The first kappa shape index (κ1) is 12.6. The molecule has 7 heteroatoms. The summed E-state index contributed by atoms with van der Waals surface area (Å²) in [6, 6.07) is 4.80. The van der Waals surface area contributed by atoms with Gasteiger partial charge in [0.15, 0.2) is 5.82 Å². The third-order valence-electron chi connectivity index (χ3n) is 2.30. The Bertz CT molecular complexity index is 582. The lowest BCUT2D eigenvalue weighted by Gasteiger charge is -2.07. The standard InChI is InChI=1S/C11H11BrN4O2/c1-16-6-14-10(15-16)5-13-9-3-2-7(11(17)18)4-8(9)12/h2-4,6,13H,5H2,1H3,(H,17,18). The summed E-state index contributed by atoms with van der Waals surface area (Å²) in [5, 5.41) is 16.1. The van der Waals surface area contributed by atoms with Crippen molar-refractivity contribution in [2.75, 3.05) is 5.32 Å². The SMILES string of the molecule is Cn1cnc(CNc2ccc(C(=O)O)cc2Br)n1. The minimum Gasteiger partial charge on any atom is -0.478 e. The number of aryl methyl sites for hydroxylation is 1. The molecule has 6 nitrogen and oxygen atoms in total. The van der Waals surface area contributed by atoms with E-state index in [0.29, 0.717) is 16.8 Å². The second kappa shape index (κ2) is 5.18. The highest BCUT2D eigenvalue weighted by molar-refractivity contribution is 9.10. The number of nitrogens with zero attached hydrogens (tertiary/aromatic N) is 3. The molecule has 1 aromatic heterocycles. The molecule has 94 valence electrons. The average molecular weight is 311 g/mol. The van der Waals surface area contributed by atoms with Gasteiger partial charge in [-0.25, -0.2) is 9.78 Å². The Labute approximate surface area is 112 Å². The number of carboxylic acid groups (broad SMARTS) is 1. The van der Waals surface area contributed by atoms with Crippen LogP contribution in [0.15, 0.2) is 29.0 Å². The second-order valence-electron chi connectivity index (χ2n) is 3.69. The summed E-state index contributed by atoms with van der Waals surface area (Å²) in [4.78, 5) is 14.9. The molecule has 2 N–H and O–H groups in total. The van der Waals surface area contributed by atoms with Gasteiger partial charge in [0.05, 0.1) is 12.1 Å². The number of hydrogen-bond acceptors (Lipinski definition) is 4. The molecule has 0 spiro atoms. The molecule has 0 fully saturated rings. The summed E-state index contributed by atoms with van der Waals surface area (Å²) in [6.45, 7) is 0.478. The van der Waals surface area contributed by atoms with Crippen LogP contribution in [0.25, 0.3) is 0 Å². The van der Waals surface area contributed by atoms with Gasteiger partial charge in [-0.15, -0.1) is 0 Å². The van der Waals surface area contributed by atoms with E-state index in [-0.39, 0.29) is 5.56 Å². The van der Waals surface area contributed by atoms with E-state index < -0.39 is 5.97 Å². The molecule has 2 rings (SSSR count). The van der Waals surface area contributed by atoms with Crippen LogP contribution in [0.4, 0.5) is 5.69 Å². The fourth-order valence-corrected chi connectivity index (χ4v) is 1.95. The van der Waals surface area contributed by atoms with Crippen molar-refractivity contribution in [1.29, 1.82) is 0 Å². The predicted molar refractivity (Wildman–Crippen MR) is 69.4 cm³/mol. The number of hydrogen-bond donors (Lipinski definition) is 2. The maximum absolute atomic E-state index is 10.8. The summed E-state index contributed by atoms with van der Waals surface area (Å²) in [5.41, 5.74) is 1.04. The van der Waals surface area contributed by atoms with Crippen LogP contribution < -0.4 is 5.32 Å². The first-order chi connectivity index (χ1) is 8.56. The highest BCUT2D eigenvalue weighted by atomic mass is 79.9. The maximum Gasteiger partial charge on any atom is 0.335 e. The van der Waals surface area contributed by atoms with Crippen LogP contribution in [-0.4, -0.2) is 25.8 Å². The summed E-state index contributed by atoms with van der Waals surface area (Å²) in [5.74, 6) is -0.277. The first-order valence-electron chi connectivity index (χ1n) is 5.17. The van der Waals surface area contributed by atoms with Gasteiger partial charge in [-0.2, -0.15) is 5.10 Å². The van der Waals surface area contributed by atoms with Crippen LogP contribution in [-0.2, 0) is 13.6 Å². The topological polar surface area (TPSA) is 80.0 Å². The Balaban J connectivity index is 2.08. The Morgan fingerprint density at radius 2 is 2.33 bits per heavy atom. The minimum absolute atomic E-state index is 0.239. The molecule has 0 unspecified atom stereocenters. The molecular weight excluding hydrogens is 300 g/mol. The highest BCUT2D eigenvalue weighted by Crippen LogP contribution is 2.24. The quantitative estimate of drug-likeness (QED) is 0.901. The van der Waals surface area contributed by atoms with Crippen molar-refractivity contribution in [3.63, 3.8) is 0 Å². The van der Waals surface area contributed by atoms with E-state index in [1.807, 2.05) is 0 Å². The van der Waals surface area contributed by atoms with Crippen molar-refractivity contribution in [2.24, 2.45) is 7.05 Å². The zero-order chi connectivity index (χ0) is 13.1. The normalized spacial score (nSPS) is 10.3. The number of rotatable bonds is 4. The number of carbonyl (C=O) groups is 1. The van der Waals surface area contributed by atoms with Crippen molar-refractivity contribution >= 4 is 27.6 Å². The summed E-state index contributed by atoms with van der Waals surface area (Å²) >= 11 is 3.32. The smallest absolute Gasteiger partial charge is 0.335 e. The molecule has 0 aliphatic heterocycles. The largest absolute Gasteiger partial charge is 0.478 e. The van der Waals surface area contributed by atoms with Crippen molar-refractivity contribution in [1.82, 2.24) is 14.8 Å². The lowest BCUT2D eigenvalue weighted by atomic mass is 10.2. The predicted octanol–water partition coefficient (Wildman–Crippen LogP) is 1.89. The molecule has 1 aromatic carbocycles.